The van der Waals surface area contributed by atoms with Gasteiger partial charge in [-0.2, -0.15) is 5.10 Å². The van der Waals surface area contributed by atoms with Crippen molar-refractivity contribution in [3.05, 3.63) is 66.2 Å². The number of benzene rings is 2. The molecular weight excluding hydrogens is 376 g/mol. The van der Waals surface area contributed by atoms with E-state index >= 15 is 0 Å². The Hall–Kier alpha value is -3.59. The number of nitrogens with zero attached hydrogens (tertiary/aromatic N) is 4. The Morgan fingerprint density at radius 2 is 1.93 bits per heavy atom. The first-order valence-corrected chi connectivity index (χ1v) is 9.29. The van der Waals surface area contributed by atoms with Gasteiger partial charge in [-0.1, -0.05) is 23.5 Å². The number of amides is 2. The quantitative estimate of drug-likeness (QED) is 0.543. The normalized spacial score (nSPS) is 10.8. The smallest absolute Gasteiger partial charge is 0.255 e. The van der Waals surface area contributed by atoms with Gasteiger partial charge in [0.25, 0.3) is 5.91 Å². The summed E-state index contributed by atoms with van der Waals surface area (Å²) in [6, 6.07) is 12.8. The number of rotatable bonds is 5. The molecule has 2 aromatic carbocycles. The van der Waals surface area contributed by atoms with Crippen LogP contribution in [0.25, 0.3) is 10.2 Å². The number of aromatic nitrogens is 4. The zero-order valence-corrected chi connectivity index (χ0v) is 15.7. The summed E-state index contributed by atoms with van der Waals surface area (Å²) >= 11 is 1.33. The maximum Gasteiger partial charge on any atom is 0.255 e. The molecule has 0 spiro atoms. The number of fused-ring (bicyclic) bond motifs is 1. The number of nitrogens with one attached hydrogen (secondary N) is 2. The van der Waals surface area contributed by atoms with E-state index in [2.05, 4.69) is 25.7 Å². The van der Waals surface area contributed by atoms with E-state index in [1.54, 1.807) is 29.2 Å². The number of thiazole rings is 1. The highest BCUT2D eigenvalue weighted by Crippen LogP contribution is 2.27. The first-order chi connectivity index (χ1) is 13.6. The maximum atomic E-state index is 12.6. The van der Waals surface area contributed by atoms with Crippen LogP contribution in [0, 0.1) is 0 Å². The van der Waals surface area contributed by atoms with Crippen molar-refractivity contribution in [2.75, 3.05) is 10.6 Å². The lowest BCUT2D eigenvalue weighted by molar-refractivity contribution is -0.114. The monoisotopic (exact) mass is 392 g/mol. The fourth-order valence-corrected chi connectivity index (χ4v) is 3.62. The van der Waals surface area contributed by atoms with Crippen LogP contribution in [0.3, 0.4) is 0 Å². The molecule has 0 unspecified atom stereocenters. The van der Waals surface area contributed by atoms with Crippen molar-refractivity contribution < 1.29 is 9.59 Å². The Bertz CT molecular complexity index is 1140. The molecule has 8 nitrogen and oxygen atoms in total. The summed E-state index contributed by atoms with van der Waals surface area (Å²) in [6.07, 6.45) is 3.15. The lowest BCUT2D eigenvalue weighted by Gasteiger charge is -2.07. The van der Waals surface area contributed by atoms with Crippen LogP contribution < -0.4 is 10.6 Å². The van der Waals surface area contributed by atoms with Crippen molar-refractivity contribution in [1.82, 2.24) is 19.7 Å². The van der Waals surface area contributed by atoms with Gasteiger partial charge in [0, 0.05) is 18.2 Å². The molecule has 0 bridgehead atoms. The number of carbonyl (C=O) groups is 2. The molecule has 4 rings (SSSR count). The molecule has 9 heteroatoms. The Morgan fingerprint density at radius 1 is 1.11 bits per heavy atom. The Labute approximate surface area is 164 Å². The summed E-state index contributed by atoms with van der Waals surface area (Å²) in [4.78, 5) is 32.0. The lowest BCUT2D eigenvalue weighted by atomic mass is 10.1. The van der Waals surface area contributed by atoms with Crippen LogP contribution in [-0.2, 0) is 11.3 Å². The molecule has 2 heterocycles. The molecule has 0 saturated heterocycles. The van der Waals surface area contributed by atoms with Crippen LogP contribution in [0.4, 0.5) is 10.8 Å². The molecule has 0 saturated carbocycles. The van der Waals surface area contributed by atoms with E-state index in [4.69, 9.17) is 0 Å². The number of anilines is 2. The zero-order valence-electron chi connectivity index (χ0n) is 14.9. The molecule has 2 aromatic heterocycles. The molecule has 4 aromatic rings. The number of hydrogen-bond acceptors (Lipinski definition) is 6. The van der Waals surface area contributed by atoms with Gasteiger partial charge in [0.15, 0.2) is 5.13 Å². The zero-order chi connectivity index (χ0) is 19.5. The summed E-state index contributed by atoms with van der Waals surface area (Å²) < 4.78 is 2.56. The van der Waals surface area contributed by atoms with Crippen LogP contribution in [0.15, 0.2) is 55.1 Å². The van der Waals surface area contributed by atoms with Gasteiger partial charge >= 0.3 is 0 Å². The first kappa shape index (κ1) is 17.8. The molecule has 0 aliphatic heterocycles. The topological polar surface area (TPSA) is 102 Å². The second-order valence-corrected chi connectivity index (χ2v) is 7.16. The molecule has 0 atom stereocenters. The molecule has 140 valence electrons. The predicted molar refractivity (Wildman–Crippen MR) is 107 cm³/mol. The van der Waals surface area contributed by atoms with Gasteiger partial charge in [0.05, 0.1) is 16.8 Å². The predicted octanol–water partition coefficient (Wildman–Crippen LogP) is 3.15. The SMILES string of the molecule is CC(=O)Nc1nc2ccc(C(=O)Nc3ccc(Cn4cncn4)cc3)cc2s1. The number of hydrogen-bond donors (Lipinski definition) is 2. The standard InChI is InChI=1S/C19H16N6O2S/c1-12(26)22-19-24-16-7-4-14(8-17(16)28-19)18(27)23-15-5-2-13(3-6-15)9-25-11-20-10-21-25/h2-8,10-11H,9H2,1H3,(H,23,27)(H,22,24,26). The van der Waals surface area contributed by atoms with Crippen LogP contribution in [0.2, 0.25) is 0 Å². The minimum absolute atomic E-state index is 0.177. The Balaban J connectivity index is 1.46. The fraction of sp³-hybridized carbons (Fsp3) is 0.105. The van der Waals surface area contributed by atoms with E-state index < -0.39 is 0 Å². The highest BCUT2D eigenvalue weighted by Gasteiger charge is 2.11. The third kappa shape index (κ3) is 4.04. The summed E-state index contributed by atoms with van der Waals surface area (Å²) in [6.45, 7) is 2.05. The molecular formula is C19H16N6O2S. The third-order valence-electron chi connectivity index (χ3n) is 3.96. The summed E-state index contributed by atoms with van der Waals surface area (Å²) in [5.41, 5.74) is 3.02. The highest BCUT2D eigenvalue weighted by atomic mass is 32.1. The summed E-state index contributed by atoms with van der Waals surface area (Å²) in [5.74, 6) is -0.385. The van der Waals surface area contributed by atoms with E-state index in [1.165, 1.54) is 24.6 Å². The van der Waals surface area contributed by atoms with Gasteiger partial charge in [-0.15, -0.1) is 0 Å². The molecule has 28 heavy (non-hydrogen) atoms. The van der Waals surface area contributed by atoms with E-state index in [1.807, 2.05) is 24.3 Å². The Kier molecular flexibility index (Phi) is 4.81. The summed E-state index contributed by atoms with van der Waals surface area (Å²) in [5, 5.41) is 10.1. The molecule has 0 aliphatic rings. The van der Waals surface area contributed by atoms with Crippen LogP contribution in [0.5, 0.6) is 0 Å². The van der Waals surface area contributed by atoms with E-state index in [-0.39, 0.29) is 11.8 Å². The van der Waals surface area contributed by atoms with Crippen LogP contribution in [0.1, 0.15) is 22.8 Å². The summed E-state index contributed by atoms with van der Waals surface area (Å²) in [7, 11) is 0. The van der Waals surface area contributed by atoms with Crippen molar-refractivity contribution in [2.24, 2.45) is 0 Å². The van der Waals surface area contributed by atoms with Crippen LogP contribution >= 0.6 is 11.3 Å². The average Bonchev–Trinajstić information content (AvgIpc) is 3.31. The largest absolute Gasteiger partial charge is 0.322 e. The molecule has 2 amide bonds. The molecule has 0 aliphatic carbocycles. The van der Waals surface area contributed by atoms with Gasteiger partial charge in [-0.25, -0.2) is 14.6 Å². The highest BCUT2D eigenvalue weighted by molar-refractivity contribution is 7.22. The van der Waals surface area contributed by atoms with E-state index in [0.717, 1.165) is 15.8 Å². The van der Waals surface area contributed by atoms with Gasteiger partial charge in [-0.3, -0.25) is 9.59 Å². The molecule has 0 fully saturated rings. The van der Waals surface area contributed by atoms with Crippen LogP contribution in [-0.4, -0.2) is 31.6 Å². The minimum atomic E-state index is -0.208. The second-order valence-electron chi connectivity index (χ2n) is 6.13. The van der Waals surface area contributed by atoms with Crippen molar-refractivity contribution in [3.63, 3.8) is 0 Å². The number of carbonyl (C=O) groups excluding carboxylic acids is 2. The van der Waals surface area contributed by atoms with E-state index in [9.17, 15) is 9.59 Å². The van der Waals surface area contributed by atoms with Gasteiger partial charge in [-0.05, 0) is 35.9 Å². The lowest BCUT2D eigenvalue weighted by Crippen LogP contribution is -2.11. The van der Waals surface area contributed by atoms with Crippen molar-refractivity contribution in [1.29, 1.82) is 0 Å². The molecule has 0 radical (unpaired) electrons. The van der Waals surface area contributed by atoms with Gasteiger partial charge < -0.3 is 10.6 Å². The maximum absolute atomic E-state index is 12.6. The minimum Gasteiger partial charge on any atom is -0.322 e. The van der Waals surface area contributed by atoms with Crippen molar-refractivity contribution in [3.8, 4) is 0 Å². The van der Waals surface area contributed by atoms with E-state index in [0.29, 0.717) is 22.9 Å². The first-order valence-electron chi connectivity index (χ1n) is 8.48. The third-order valence-corrected chi connectivity index (χ3v) is 4.89. The fourth-order valence-electron chi connectivity index (χ4n) is 2.67. The second kappa shape index (κ2) is 7.57. The Morgan fingerprint density at radius 3 is 2.64 bits per heavy atom. The van der Waals surface area contributed by atoms with Gasteiger partial charge in [0.2, 0.25) is 5.91 Å². The average molecular weight is 392 g/mol. The van der Waals surface area contributed by atoms with Gasteiger partial charge in [0.1, 0.15) is 12.7 Å². The van der Waals surface area contributed by atoms with Crippen molar-refractivity contribution in [2.45, 2.75) is 13.5 Å². The molecule has 2 N–H and O–H groups in total. The van der Waals surface area contributed by atoms with Crippen molar-refractivity contribution >= 4 is 44.2 Å².